The molecule has 1 N–H and O–H groups in total. The Hall–Kier alpha value is -0.540. The molecule has 0 saturated heterocycles. The van der Waals surface area contributed by atoms with Crippen LogP contribution in [0.5, 0.6) is 0 Å². The van der Waals surface area contributed by atoms with Gasteiger partial charge in [0.25, 0.3) is 0 Å². The Labute approximate surface area is 67.6 Å². The van der Waals surface area contributed by atoms with E-state index in [9.17, 15) is 0 Å². The minimum Gasteiger partial charge on any atom is -0.499 e. The van der Waals surface area contributed by atoms with Gasteiger partial charge >= 0.3 is 0 Å². The predicted molar refractivity (Wildman–Crippen MR) is 43.3 cm³/mol. The molecule has 0 atom stereocenters. The Morgan fingerprint density at radius 1 is 1.27 bits per heavy atom. The van der Waals surface area contributed by atoms with Gasteiger partial charge in [-0.25, -0.2) is 0 Å². The van der Waals surface area contributed by atoms with Crippen LogP contribution < -0.4 is 0 Å². The molecule has 0 heterocycles. The highest BCUT2D eigenvalue weighted by atomic mass is 16.5. The van der Waals surface area contributed by atoms with Gasteiger partial charge in [-0.3, -0.25) is 0 Å². The van der Waals surface area contributed by atoms with Crippen molar-refractivity contribution >= 4 is 0 Å². The van der Waals surface area contributed by atoms with Crippen molar-refractivity contribution in [2.75, 3.05) is 26.4 Å². The van der Waals surface area contributed by atoms with Crippen LogP contribution in [-0.2, 0) is 9.47 Å². The maximum Gasteiger partial charge on any atom is 0.111 e. The Morgan fingerprint density at radius 2 is 2.09 bits per heavy atom. The average molecular weight is 160 g/mol. The standard InChI is InChI=1S/C8H16O3/c1-2-3-5-10-7-8-11-6-4-9/h3,5,9H,2,4,6-8H2,1H3. The summed E-state index contributed by atoms with van der Waals surface area (Å²) in [6, 6.07) is 0. The molecule has 0 bridgehead atoms. The molecule has 0 aliphatic rings. The van der Waals surface area contributed by atoms with E-state index in [0.29, 0.717) is 19.8 Å². The van der Waals surface area contributed by atoms with Crippen molar-refractivity contribution < 1.29 is 14.6 Å². The lowest BCUT2D eigenvalue weighted by molar-refractivity contribution is 0.0600. The monoisotopic (exact) mass is 160 g/mol. The first-order valence-electron chi connectivity index (χ1n) is 3.87. The van der Waals surface area contributed by atoms with Crippen molar-refractivity contribution in [2.45, 2.75) is 13.3 Å². The topological polar surface area (TPSA) is 38.7 Å². The highest BCUT2D eigenvalue weighted by Gasteiger charge is 1.84. The first-order chi connectivity index (χ1) is 5.41. The molecule has 0 unspecified atom stereocenters. The van der Waals surface area contributed by atoms with Crippen molar-refractivity contribution in [3.63, 3.8) is 0 Å². The van der Waals surface area contributed by atoms with Gasteiger partial charge in [-0.15, -0.1) is 0 Å². The summed E-state index contributed by atoms with van der Waals surface area (Å²) in [5.41, 5.74) is 0. The Balaban J connectivity index is 2.85. The fourth-order valence-corrected chi connectivity index (χ4v) is 0.506. The molecule has 0 aromatic heterocycles. The normalized spacial score (nSPS) is 10.7. The molecule has 66 valence electrons. The van der Waals surface area contributed by atoms with Gasteiger partial charge in [0.1, 0.15) is 6.61 Å². The van der Waals surface area contributed by atoms with Gasteiger partial charge in [-0.1, -0.05) is 13.0 Å². The fourth-order valence-electron chi connectivity index (χ4n) is 0.506. The number of aliphatic hydroxyl groups excluding tert-OH is 1. The third-order valence-electron chi connectivity index (χ3n) is 1.01. The van der Waals surface area contributed by atoms with Crippen LogP contribution in [0.2, 0.25) is 0 Å². The molecule has 0 amide bonds. The molecular formula is C8H16O3. The van der Waals surface area contributed by atoms with E-state index in [-0.39, 0.29) is 6.61 Å². The zero-order valence-electron chi connectivity index (χ0n) is 6.95. The molecule has 0 saturated carbocycles. The number of hydrogen-bond donors (Lipinski definition) is 1. The second kappa shape index (κ2) is 9.46. The molecule has 3 nitrogen and oxygen atoms in total. The largest absolute Gasteiger partial charge is 0.499 e. The fraction of sp³-hybridized carbons (Fsp3) is 0.750. The van der Waals surface area contributed by atoms with Crippen molar-refractivity contribution in [2.24, 2.45) is 0 Å². The molecule has 0 spiro atoms. The third-order valence-corrected chi connectivity index (χ3v) is 1.01. The van der Waals surface area contributed by atoms with Gasteiger partial charge in [0.15, 0.2) is 0 Å². The second-order valence-electron chi connectivity index (χ2n) is 1.99. The van der Waals surface area contributed by atoms with Gasteiger partial charge in [0.2, 0.25) is 0 Å². The van der Waals surface area contributed by atoms with E-state index in [2.05, 4.69) is 0 Å². The number of rotatable bonds is 7. The predicted octanol–water partition coefficient (Wildman–Crippen LogP) is 0.936. The maximum absolute atomic E-state index is 8.33. The van der Waals surface area contributed by atoms with Gasteiger partial charge in [0, 0.05) is 0 Å². The van der Waals surface area contributed by atoms with Crippen molar-refractivity contribution in [1.82, 2.24) is 0 Å². The Kier molecular flexibility index (Phi) is 9.00. The molecule has 0 aliphatic carbocycles. The van der Waals surface area contributed by atoms with Crippen LogP contribution in [0.3, 0.4) is 0 Å². The van der Waals surface area contributed by atoms with Crippen LogP contribution in [0.25, 0.3) is 0 Å². The van der Waals surface area contributed by atoms with Gasteiger partial charge in [-0.05, 0) is 6.42 Å². The summed E-state index contributed by atoms with van der Waals surface area (Å²) < 4.78 is 9.99. The highest BCUT2D eigenvalue weighted by Crippen LogP contribution is 1.82. The number of aliphatic hydroxyl groups is 1. The first kappa shape index (κ1) is 10.5. The molecule has 0 aromatic rings. The van der Waals surface area contributed by atoms with Crippen molar-refractivity contribution in [3.05, 3.63) is 12.3 Å². The van der Waals surface area contributed by atoms with Crippen molar-refractivity contribution in [3.8, 4) is 0 Å². The van der Waals surface area contributed by atoms with Crippen LogP contribution in [-0.4, -0.2) is 31.5 Å². The van der Waals surface area contributed by atoms with Crippen LogP contribution >= 0.6 is 0 Å². The zero-order valence-corrected chi connectivity index (χ0v) is 6.95. The van der Waals surface area contributed by atoms with Crippen molar-refractivity contribution in [1.29, 1.82) is 0 Å². The smallest absolute Gasteiger partial charge is 0.111 e. The molecule has 0 aliphatic heterocycles. The van der Waals surface area contributed by atoms with Crippen LogP contribution in [0, 0.1) is 0 Å². The van der Waals surface area contributed by atoms with Crippen LogP contribution in [0.1, 0.15) is 13.3 Å². The highest BCUT2D eigenvalue weighted by molar-refractivity contribution is 4.70. The first-order valence-corrected chi connectivity index (χ1v) is 3.87. The van der Waals surface area contributed by atoms with Gasteiger partial charge < -0.3 is 14.6 Å². The number of ether oxygens (including phenoxy) is 2. The van der Waals surface area contributed by atoms with E-state index in [1.165, 1.54) is 0 Å². The van der Waals surface area contributed by atoms with E-state index in [0.717, 1.165) is 6.42 Å². The molecule has 0 aromatic carbocycles. The van der Waals surface area contributed by atoms with E-state index in [1.54, 1.807) is 6.26 Å². The lowest BCUT2D eigenvalue weighted by Crippen LogP contribution is -2.04. The molecule has 11 heavy (non-hydrogen) atoms. The Morgan fingerprint density at radius 3 is 2.73 bits per heavy atom. The van der Waals surface area contributed by atoms with E-state index in [1.807, 2.05) is 13.0 Å². The second-order valence-corrected chi connectivity index (χ2v) is 1.99. The quantitative estimate of drug-likeness (QED) is 0.445. The summed E-state index contributed by atoms with van der Waals surface area (Å²) >= 11 is 0. The molecule has 0 rings (SSSR count). The van der Waals surface area contributed by atoms with Crippen LogP contribution in [0.15, 0.2) is 12.3 Å². The summed E-state index contributed by atoms with van der Waals surface area (Å²) in [7, 11) is 0. The van der Waals surface area contributed by atoms with E-state index < -0.39 is 0 Å². The van der Waals surface area contributed by atoms with Crippen LogP contribution in [0.4, 0.5) is 0 Å². The van der Waals surface area contributed by atoms with Gasteiger partial charge in [-0.2, -0.15) is 0 Å². The van der Waals surface area contributed by atoms with E-state index in [4.69, 9.17) is 14.6 Å². The molecular weight excluding hydrogens is 144 g/mol. The number of allylic oxidation sites excluding steroid dienone is 1. The lowest BCUT2D eigenvalue weighted by Gasteiger charge is -2.00. The summed E-state index contributed by atoms with van der Waals surface area (Å²) in [5, 5.41) is 8.33. The summed E-state index contributed by atoms with van der Waals surface area (Å²) in [4.78, 5) is 0. The van der Waals surface area contributed by atoms with Gasteiger partial charge in [0.05, 0.1) is 26.1 Å². The minimum atomic E-state index is 0.0742. The molecule has 0 fully saturated rings. The summed E-state index contributed by atoms with van der Waals surface area (Å²) in [6.07, 6.45) is 4.59. The lowest BCUT2D eigenvalue weighted by atomic mass is 10.5. The minimum absolute atomic E-state index is 0.0742. The zero-order chi connectivity index (χ0) is 8.36. The molecule has 3 heteroatoms. The van der Waals surface area contributed by atoms with E-state index >= 15 is 0 Å². The molecule has 0 radical (unpaired) electrons. The number of hydrogen-bond acceptors (Lipinski definition) is 3. The SMILES string of the molecule is CCC=COCCOCCO. The summed E-state index contributed by atoms with van der Waals surface area (Å²) in [5.74, 6) is 0. The summed E-state index contributed by atoms with van der Waals surface area (Å²) in [6.45, 7) is 3.60. The Bertz CT molecular complexity index is 91.3. The third kappa shape index (κ3) is 9.46. The average Bonchev–Trinajstić information content (AvgIpc) is 2.03. The maximum atomic E-state index is 8.33.